The van der Waals surface area contributed by atoms with Gasteiger partial charge in [-0.15, -0.1) is 0 Å². The number of nitrogens with zero attached hydrogens (tertiary/aromatic N) is 1. The summed E-state index contributed by atoms with van der Waals surface area (Å²) >= 11 is 0. The van der Waals surface area contributed by atoms with Crippen LogP contribution in [0, 0.1) is 0 Å². The highest BCUT2D eigenvalue weighted by Crippen LogP contribution is 2.42. The Hall–Kier alpha value is -3.41. The molecule has 2 aromatic carbocycles. The number of hydrogen-bond donors (Lipinski definition) is 0. The standard InChI is InChI=1S/C22H22F3NO7S/c1-5-32-17-7-6-15-14(8-13-9-18(29-2)21(31-4)19(10-13)30-3)11-26-12-16(15)20(17)33-34(27,28)22(23,24)25/h6-7,9-12H,5,8H2,1-4H3. The number of methoxy groups -OCH3 is 3. The topological polar surface area (TPSA) is 93.2 Å². The van der Waals surface area contributed by atoms with Crippen LogP contribution in [-0.2, 0) is 16.5 Å². The molecule has 3 rings (SSSR count). The Bertz CT molecular complexity index is 1270. The number of alkyl halides is 3. The van der Waals surface area contributed by atoms with Crippen LogP contribution in [-0.4, -0.2) is 46.8 Å². The third-order valence-corrected chi connectivity index (χ3v) is 5.79. The number of fused-ring (bicyclic) bond motifs is 1. The monoisotopic (exact) mass is 501 g/mol. The SMILES string of the molecule is CCOc1ccc2c(Cc3cc(OC)c(OC)c(OC)c3)cncc2c1OS(=O)(=O)C(F)(F)F. The average Bonchev–Trinajstić information content (AvgIpc) is 2.79. The van der Waals surface area contributed by atoms with E-state index >= 15 is 0 Å². The number of pyridine rings is 1. The van der Waals surface area contributed by atoms with Crippen LogP contribution in [0.2, 0.25) is 0 Å². The highest BCUT2D eigenvalue weighted by atomic mass is 32.2. The molecule has 1 heterocycles. The molecule has 0 saturated carbocycles. The van der Waals surface area contributed by atoms with Gasteiger partial charge in [-0.2, -0.15) is 21.6 Å². The fourth-order valence-electron chi connectivity index (χ4n) is 3.37. The fourth-order valence-corrected chi connectivity index (χ4v) is 3.86. The molecule has 0 aliphatic heterocycles. The van der Waals surface area contributed by atoms with Crippen LogP contribution < -0.4 is 23.1 Å². The minimum Gasteiger partial charge on any atom is -0.493 e. The predicted molar refractivity (Wildman–Crippen MR) is 117 cm³/mol. The summed E-state index contributed by atoms with van der Waals surface area (Å²) in [7, 11) is -1.52. The smallest absolute Gasteiger partial charge is 0.493 e. The van der Waals surface area contributed by atoms with Crippen molar-refractivity contribution in [2.24, 2.45) is 0 Å². The van der Waals surface area contributed by atoms with E-state index < -0.39 is 21.4 Å². The van der Waals surface area contributed by atoms with E-state index in [9.17, 15) is 21.6 Å². The number of ether oxygens (including phenoxy) is 4. The van der Waals surface area contributed by atoms with Gasteiger partial charge in [0, 0.05) is 17.8 Å². The van der Waals surface area contributed by atoms with E-state index in [1.807, 2.05) is 0 Å². The van der Waals surface area contributed by atoms with Crippen molar-refractivity contribution in [3.05, 3.63) is 47.8 Å². The molecule has 0 N–H and O–H groups in total. The second-order valence-electron chi connectivity index (χ2n) is 6.91. The molecule has 0 bridgehead atoms. The van der Waals surface area contributed by atoms with Crippen LogP contribution in [0.25, 0.3) is 10.8 Å². The van der Waals surface area contributed by atoms with Gasteiger partial charge in [0.1, 0.15) is 0 Å². The van der Waals surface area contributed by atoms with E-state index in [4.69, 9.17) is 18.9 Å². The van der Waals surface area contributed by atoms with Crippen molar-refractivity contribution in [1.82, 2.24) is 4.98 Å². The van der Waals surface area contributed by atoms with Crippen molar-refractivity contribution in [1.29, 1.82) is 0 Å². The zero-order valence-electron chi connectivity index (χ0n) is 18.7. The summed E-state index contributed by atoms with van der Waals surface area (Å²) in [6.07, 6.45) is 3.01. The Morgan fingerprint density at radius 2 is 1.53 bits per heavy atom. The van der Waals surface area contributed by atoms with Gasteiger partial charge in [-0.05, 0) is 48.1 Å². The number of halogens is 3. The lowest BCUT2D eigenvalue weighted by Crippen LogP contribution is -2.28. The Morgan fingerprint density at radius 1 is 0.882 bits per heavy atom. The van der Waals surface area contributed by atoms with Gasteiger partial charge in [0.2, 0.25) is 5.75 Å². The van der Waals surface area contributed by atoms with Gasteiger partial charge < -0.3 is 23.1 Å². The number of aromatic nitrogens is 1. The largest absolute Gasteiger partial charge is 0.534 e. The van der Waals surface area contributed by atoms with Gasteiger partial charge in [-0.1, -0.05) is 6.07 Å². The molecule has 34 heavy (non-hydrogen) atoms. The first-order valence-electron chi connectivity index (χ1n) is 9.88. The summed E-state index contributed by atoms with van der Waals surface area (Å²) < 4.78 is 88.3. The van der Waals surface area contributed by atoms with Gasteiger partial charge in [-0.3, -0.25) is 4.98 Å². The third kappa shape index (κ3) is 4.91. The van der Waals surface area contributed by atoms with Crippen LogP contribution in [0.5, 0.6) is 28.7 Å². The minimum atomic E-state index is -5.94. The van der Waals surface area contributed by atoms with Crippen LogP contribution in [0.4, 0.5) is 13.2 Å². The maximum Gasteiger partial charge on any atom is 0.534 e. The fraction of sp³-hybridized carbons (Fsp3) is 0.318. The first-order chi connectivity index (χ1) is 16.1. The summed E-state index contributed by atoms with van der Waals surface area (Å²) in [4.78, 5) is 4.08. The molecule has 0 atom stereocenters. The lowest BCUT2D eigenvalue weighted by Gasteiger charge is -2.17. The van der Waals surface area contributed by atoms with E-state index in [0.29, 0.717) is 28.2 Å². The Morgan fingerprint density at radius 3 is 2.06 bits per heavy atom. The molecule has 0 fully saturated rings. The van der Waals surface area contributed by atoms with E-state index in [2.05, 4.69) is 9.17 Å². The molecule has 0 unspecified atom stereocenters. The summed E-state index contributed by atoms with van der Waals surface area (Å²) in [5, 5.41) is 0.475. The van der Waals surface area contributed by atoms with Gasteiger partial charge in [0.05, 0.1) is 27.9 Å². The van der Waals surface area contributed by atoms with Gasteiger partial charge in [-0.25, -0.2) is 0 Å². The summed E-state index contributed by atoms with van der Waals surface area (Å²) in [5.74, 6) is 0.498. The van der Waals surface area contributed by atoms with Crippen molar-refractivity contribution in [2.75, 3.05) is 27.9 Å². The molecule has 12 heteroatoms. The maximum absolute atomic E-state index is 13.0. The average molecular weight is 501 g/mol. The summed E-state index contributed by atoms with van der Waals surface area (Å²) in [6, 6.07) is 6.40. The third-order valence-electron chi connectivity index (χ3n) is 4.84. The second kappa shape index (κ2) is 9.84. The number of benzene rings is 2. The normalized spacial score (nSPS) is 11.9. The van der Waals surface area contributed by atoms with Crippen molar-refractivity contribution in [3.63, 3.8) is 0 Å². The minimum absolute atomic E-state index is 0.0451. The molecule has 0 spiro atoms. The van der Waals surface area contributed by atoms with Gasteiger partial charge in [0.25, 0.3) is 0 Å². The lowest BCUT2D eigenvalue weighted by molar-refractivity contribution is -0.0500. The summed E-state index contributed by atoms with van der Waals surface area (Å²) in [6.45, 7) is 1.68. The maximum atomic E-state index is 13.0. The van der Waals surface area contributed by atoms with E-state index in [1.165, 1.54) is 39.8 Å². The van der Waals surface area contributed by atoms with Crippen LogP contribution >= 0.6 is 0 Å². The van der Waals surface area contributed by atoms with E-state index in [1.54, 1.807) is 25.1 Å². The quantitative estimate of drug-likeness (QED) is 0.313. The van der Waals surface area contributed by atoms with Gasteiger partial charge in [0.15, 0.2) is 23.0 Å². The molecule has 8 nitrogen and oxygen atoms in total. The number of hydrogen-bond acceptors (Lipinski definition) is 8. The van der Waals surface area contributed by atoms with E-state index in [-0.39, 0.29) is 24.2 Å². The van der Waals surface area contributed by atoms with Crippen molar-refractivity contribution in [3.8, 4) is 28.7 Å². The highest BCUT2D eigenvalue weighted by Gasteiger charge is 2.49. The molecule has 0 radical (unpaired) electrons. The first-order valence-corrected chi connectivity index (χ1v) is 11.3. The molecule has 1 aromatic heterocycles. The van der Waals surface area contributed by atoms with Crippen molar-refractivity contribution < 1.29 is 44.7 Å². The molecule has 0 saturated heterocycles. The highest BCUT2D eigenvalue weighted by molar-refractivity contribution is 7.88. The molecular formula is C22H22F3NO7S. The van der Waals surface area contributed by atoms with Gasteiger partial charge >= 0.3 is 15.6 Å². The van der Waals surface area contributed by atoms with Crippen LogP contribution in [0.1, 0.15) is 18.1 Å². The van der Waals surface area contributed by atoms with E-state index in [0.717, 1.165) is 5.56 Å². The van der Waals surface area contributed by atoms with Crippen molar-refractivity contribution in [2.45, 2.75) is 18.9 Å². The molecule has 0 aliphatic rings. The van der Waals surface area contributed by atoms with Crippen LogP contribution in [0.15, 0.2) is 36.7 Å². The zero-order chi connectivity index (χ0) is 25.1. The first kappa shape index (κ1) is 25.2. The molecule has 0 amide bonds. The zero-order valence-corrected chi connectivity index (χ0v) is 19.5. The predicted octanol–water partition coefficient (Wildman–Crippen LogP) is 4.48. The molecule has 3 aromatic rings. The molecular weight excluding hydrogens is 479 g/mol. The Balaban J connectivity index is 2.15. The Kier molecular flexibility index (Phi) is 7.29. The molecule has 0 aliphatic carbocycles. The Labute approximate surface area is 194 Å². The number of rotatable bonds is 9. The second-order valence-corrected chi connectivity index (χ2v) is 8.45. The summed E-state index contributed by atoms with van der Waals surface area (Å²) in [5.41, 5.74) is -4.30. The lowest BCUT2D eigenvalue weighted by atomic mass is 9.99. The molecule has 184 valence electrons. The van der Waals surface area contributed by atoms with Crippen LogP contribution in [0.3, 0.4) is 0 Å². The van der Waals surface area contributed by atoms with Crippen molar-refractivity contribution >= 4 is 20.9 Å².